The molecule has 1 unspecified atom stereocenters. The van der Waals surface area contributed by atoms with Crippen LogP contribution in [-0.4, -0.2) is 34.9 Å². The minimum absolute atomic E-state index is 0.120. The third kappa shape index (κ3) is 4.75. The van der Waals surface area contributed by atoms with E-state index in [0.717, 1.165) is 13.1 Å². The first-order valence-electron chi connectivity index (χ1n) is 9.08. The smallest absolute Gasteiger partial charge is 0.272 e. The fourth-order valence-electron chi connectivity index (χ4n) is 3.11. The summed E-state index contributed by atoms with van der Waals surface area (Å²) in [5.74, 6) is -5.89. The lowest BCUT2D eigenvalue weighted by Crippen LogP contribution is -2.35. The van der Waals surface area contributed by atoms with E-state index in [0.29, 0.717) is 6.42 Å². The zero-order valence-electron chi connectivity index (χ0n) is 15.9. The van der Waals surface area contributed by atoms with Gasteiger partial charge in [0.25, 0.3) is 17.8 Å². The number of carbonyl (C=O) groups excluding carboxylic acids is 1. The largest absolute Gasteiger partial charge is 0.376 e. The molecule has 1 fully saturated rings. The van der Waals surface area contributed by atoms with E-state index in [4.69, 9.17) is 0 Å². The average molecular weight is 411 g/mol. The number of anilines is 3. The molecule has 29 heavy (non-hydrogen) atoms. The Morgan fingerprint density at radius 2 is 1.93 bits per heavy atom. The fourth-order valence-corrected chi connectivity index (χ4v) is 3.11. The predicted molar refractivity (Wildman–Crippen MR) is 101 cm³/mol. The van der Waals surface area contributed by atoms with Gasteiger partial charge >= 0.3 is 0 Å². The number of pyridine rings is 2. The molecule has 3 N–H and O–H groups in total. The zero-order chi connectivity index (χ0) is 21.2. The van der Waals surface area contributed by atoms with Crippen molar-refractivity contribution in [2.75, 3.05) is 17.7 Å². The highest BCUT2D eigenvalue weighted by Gasteiger charge is 2.44. The predicted octanol–water partition coefficient (Wildman–Crippen LogP) is 4.29. The molecule has 2 aromatic heterocycles. The minimum atomic E-state index is -3.01. The highest BCUT2D eigenvalue weighted by atomic mass is 19.3. The van der Waals surface area contributed by atoms with Crippen molar-refractivity contribution in [2.45, 2.75) is 44.1 Å². The van der Waals surface area contributed by atoms with Gasteiger partial charge < -0.3 is 16.0 Å². The van der Waals surface area contributed by atoms with Gasteiger partial charge in [-0.25, -0.2) is 27.5 Å². The van der Waals surface area contributed by atoms with Gasteiger partial charge in [0.15, 0.2) is 0 Å². The molecule has 6 nitrogen and oxygen atoms in total. The Kier molecular flexibility index (Phi) is 5.63. The number of aromatic nitrogens is 2. The van der Waals surface area contributed by atoms with E-state index in [1.807, 2.05) is 0 Å². The van der Waals surface area contributed by atoms with Gasteiger partial charge in [0.1, 0.15) is 11.6 Å². The molecule has 0 spiro atoms. The van der Waals surface area contributed by atoms with Gasteiger partial charge in [0.2, 0.25) is 0 Å². The molecule has 0 aromatic carbocycles. The van der Waals surface area contributed by atoms with Crippen LogP contribution in [0.15, 0.2) is 30.6 Å². The number of nitrogens with one attached hydrogen (secondary N) is 3. The van der Waals surface area contributed by atoms with E-state index in [1.165, 1.54) is 31.4 Å². The summed E-state index contributed by atoms with van der Waals surface area (Å²) in [4.78, 5) is 20.1. The molecule has 1 atom stereocenters. The Morgan fingerprint density at radius 1 is 1.21 bits per heavy atom. The fraction of sp³-hybridized carbons (Fsp3) is 0.421. The standard InChI is InChI=1S/C19H21F4N5O/c1-18(20,21)11-5-6-15(25-9-11)28-16-8-13(12(10-26-16)17(29)24-2)27-14-4-3-7-19(14,22)23/h5-6,8-10,14H,3-4,7H2,1-2H3,(H,24,29)(H2,25,26,27,28). The first-order chi connectivity index (χ1) is 13.6. The molecule has 0 radical (unpaired) electrons. The van der Waals surface area contributed by atoms with Crippen molar-refractivity contribution >= 4 is 23.2 Å². The number of halogens is 4. The number of nitrogens with zero attached hydrogens (tertiary/aromatic N) is 2. The number of hydrogen-bond acceptors (Lipinski definition) is 5. The van der Waals surface area contributed by atoms with Crippen LogP contribution in [0.25, 0.3) is 0 Å². The molecule has 10 heteroatoms. The summed E-state index contributed by atoms with van der Waals surface area (Å²) < 4.78 is 54.6. The van der Waals surface area contributed by atoms with E-state index in [-0.39, 0.29) is 41.3 Å². The number of amides is 1. The molecule has 2 heterocycles. The first-order valence-corrected chi connectivity index (χ1v) is 9.08. The van der Waals surface area contributed by atoms with Crippen molar-refractivity contribution in [3.05, 3.63) is 41.7 Å². The van der Waals surface area contributed by atoms with Gasteiger partial charge in [-0.2, -0.15) is 0 Å². The lowest BCUT2D eigenvalue weighted by Gasteiger charge is -2.23. The summed E-state index contributed by atoms with van der Waals surface area (Å²) in [6.45, 7) is 0.771. The summed E-state index contributed by atoms with van der Waals surface area (Å²) in [5, 5.41) is 8.03. The monoisotopic (exact) mass is 411 g/mol. The molecule has 0 bridgehead atoms. The number of hydrogen-bond donors (Lipinski definition) is 3. The molecule has 3 rings (SSSR count). The van der Waals surface area contributed by atoms with E-state index in [9.17, 15) is 22.4 Å². The van der Waals surface area contributed by atoms with Gasteiger partial charge in [0, 0.05) is 44.4 Å². The maximum Gasteiger partial charge on any atom is 0.272 e. The average Bonchev–Trinajstić information content (AvgIpc) is 2.99. The molecular weight excluding hydrogens is 390 g/mol. The van der Waals surface area contributed by atoms with Crippen molar-refractivity contribution in [1.82, 2.24) is 15.3 Å². The maximum atomic E-state index is 14.0. The SMILES string of the molecule is CNC(=O)c1cnc(Nc2ccc(C(C)(F)F)cn2)cc1NC1CCCC1(F)F. The van der Waals surface area contributed by atoms with E-state index < -0.39 is 23.8 Å². The summed E-state index contributed by atoms with van der Waals surface area (Å²) >= 11 is 0. The molecule has 0 saturated heterocycles. The second kappa shape index (κ2) is 7.84. The summed E-state index contributed by atoms with van der Waals surface area (Å²) in [6.07, 6.45) is 2.74. The van der Waals surface area contributed by atoms with E-state index in [2.05, 4.69) is 25.9 Å². The third-order valence-corrected chi connectivity index (χ3v) is 4.74. The summed E-state index contributed by atoms with van der Waals surface area (Å²) in [7, 11) is 1.43. The topological polar surface area (TPSA) is 78.9 Å². The Morgan fingerprint density at radius 3 is 2.48 bits per heavy atom. The highest BCUT2D eigenvalue weighted by molar-refractivity contribution is 5.99. The highest BCUT2D eigenvalue weighted by Crippen LogP contribution is 2.38. The normalized spacial score (nSPS) is 18.3. The third-order valence-electron chi connectivity index (χ3n) is 4.74. The quantitative estimate of drug-likeness (QED) is 0.618. The number of carbonyl (C=O) groups is 1. The van der Waals surface area contributed by atoms with Crippen LogP contribution in [0, 0.1) is 0 Å². The van der Waals surface area contributed by atoms with Gasteiger partial charge in [-0.15, -0.1) is 0 Å². The molecule has 1 saturated carbocycles. The molecule has 156 valence electrons. The lowest BCUT2D eigenvalue weighted by molar-refractivity contribution is -0.000644. The van der Waals surface area contributed by atoms with E-state index in [1.54, 1.807) is 0 Å². The van der Waals surface area contributed by atoms with Crippen LogP contribution in [0.2, 0.25) is 0 Å². The number of rotatable bonds is 6. The van der Waals surface area contributed by atoms with Crippen LogP contribution in [0.3, 0.4) is 0 Å². The summed E-state index contributed by atoms with van der Waals surface area (Å²) in [6, 6.07) is 2.92. The van der Waals surface area contributed by atoms with E-state index >= 15 is 0 Å². The lowest BCUT2D eigenvalue weighted by atomic mass is 10.1. The van der Waals surface area contributed by atoms with Gasteiger partial charge in [-0.3, -0.25) is 4.79 Å². The molecule has 1 aliphatic rings. The second-order valence-corrected chi connectivity index (χ2v) is 6.99. The minimum Gasteiger partial charge on any atom is -0.376 e. The Labute approximate surface area is 165 Å². The molecular formula is C19H21F4N5O. The van der Waals surface area contributed by atoms with Crippen molar-refractivity contribution in [3.63, 3.8) is 0 Å². The summed E-state index contributed by atoms with van der Waals surface area (Å²) in [5.41, 5.74) is 0.0802. The molecule has 1 amide bonds. The maximum absolute atomic E-state index is 14.0. The van der Waals surface area contributed by atoms with Gasteiger partial charge in [-0.05, 0) is 25.0 Å². The van der Waals surface area contributed by atoms with Crippen LogP contribution in [-0.2, 0) is 5.92 Å². The van der Waals surface area contributed by atoms with Crippen LogP contribution in [0.1, 0.15) is 42.1 Å². The Hall–Kier alpha value is -2.91. The molecule has 1 aliphatic carbocycles. The van der Waals surface area contributed by atoms with Gasteiger partial charge in [0.05, 0.1) is 17.3 Å². The first kappa shape index (κ1) is 20.8. The van der Waals surface area contributed by atoms with Crippen LogP contribution < -0.4 is 16.0 Å². The Bertz CT molecular complexity index is 883. The van der Waals surface area contributed by atoms with Crippen molar-refractivity contribution in [2.24, 2.45) is 0 Å². The van der Waals surface area contributed by atoms with Gasteiger partial charge in [-0.1, -0.05) is 0 Å². The van der Waals surface area contributed by atoms with Crippen LogP contribution in [0.5, 0.6) is 0 Å². The number of alkyl halides is 4. The van der Waals surface area contributed by atoms with Crippen molar-refractivity contribution < 1.29 is 22.4 Å². The second-order valence-electron chi connectivity index (χ2n) is 6.99. The Balaban J connectivity index is 1.85. The van der Waals surface area contributed by atoms with Crippen molar-refractivity contribution in [3.8, 4) is 0 Å². The molecule has 0 aliphatic heterocycles. The zero-order valence-corrected chi connectivity index (χ0v) is 15.9. The van der Waals surface area contributed by atoms with Crippen LogP contribution in [0.4, 0.5) is 34.9 Å². The van der Waals surface area contributed by atoms with Crippen molar-refractivity contribution in [1.29, 1.82) is 0 Å². The van der Waals surface area contributed by atoms with Crippen LogP contribution >= 0.6 is 0 Å². The molecule has 2 aromatic rings.